The van der Waals surface area contributed by atoms with E-state index in [1.165, 1.54) is 30.4 Å². The molecule has 0 atom stereocenters. The number of rotatable bonds is 14. The first-order valence-corrected chi connectivity index (χ1v) is 29.6. The number of benzene rings is 6. The quantitative estimate of drug-likeness (QED) is 0.0322. The van der Waals surface area contributed by atoms with E-state index in [-0.39, 0.29) is 96.6 Å². The first-order valence-electron chi connectivity index (χ1n) is 27.1. The Labute approximate surface area is 516 Å². The van der Waals surface area contributed by atoms with Crippen LogP contribution < -0.4 is 0 Å². The highest BCUT2D eigenvalue weighted by molar-refractivity contribution is 7.29. The van der Waals surface area contributed by atoms with Gasteiger partial charge >= 0.3 is 23.9 Å². The highest BCUT2D eigenvalue weighted by atomic mass is 32.1. The number of Topliss-reactive ketones (excluding diaryl/α,β-unsaturated/α-hetero) is 4. The van der Waals surface area contributed by atoms with Gasteiger partial charge in [0.15, 0.2) is 23.1 Å². The van der Waals surface area contributed by atoms with Gasteiger partial charge in [-0.3, -0.25) is 38.4 Å². The lowest BCUT2D eigenvalue weighted by molar-refractivity contribution is -0.165. The first-order chi connectivity index (χ1) is 43.2. The smallest absolute Gasteiger partial charge is 0.333 e. The standard InChI is InChI=1S/C70H36N4O12S3/c71-29-41-21-47-48(22-42(41)30-72)59(76)51(58(47)75)25-45-27-53-62(87-45)55-56(69(53,65(79)83-33-37-13-5-1-6-14-37)66(80)84-34-38-15-7-2-8-16-38)64-57(70(55,67(81)85-35-39-17-9-3-10-18-39)68(82)86-36-40-19-11-4-12-20-40)63-54(89-64)28-46(88-63)26-52-60(77)49-23-43(31-73)44(32-74)24-50(49)61(52)78/h1-28H,33-36H2. The van der Waals surface area contributed by atoms with Crippen LogP contribution in [0.3, 0.4) is 0 Å². The molecule has 0 radical (unpaired) electrons. The maximum Gasteiger partial charge on any atom is 0.333 e. The molecular formula is C70H36N4O12S3. The zero-order valence-electron chi connectivity index (χ0n) is 45.9. The van der Waals surface area contributed by atoms with Crippen LogP contribution in [0.15, 0.2) is 169 Å². The molecule has 89 heavy (non-hydrogen) atoms. The second-order valence-electron chi connectivity index (χ2n) is 20.8. The summed E-state index contributed by atoms with van der Waals surface area (Å²) in [7, 11) is 0. The van der Waals surface area contributed by atoms with Crippen molar-refractivity contribution in [2.24, 2.45) is 0 Å². The second kappa shape index (κ2) is 22.4. The van der Waals surface area contributed by atoms with E-state index in [9.17, 15) is 40.2 Å². The van der Waals surface area contributed by atoms with E-state index in [0.29, 0.717) is 27.0 Å². The molecule has 0 amide bonds. The van der Waals surface area contributed by atoms with Crippen LogP contribution in [0.25, 0.3) is 32.7 Å². The molecule has 0 saturated heterocycles. The number of ether oxygens (including phenoxy) is 4. The molecule has 426 valence electrons. The van der Waals surface area contributed by atoms with Crippen molar-refractivity contribution in [3.63, 3.8) is 0 Å². The van der Waals surface area contributed by atoms with Crippen LogP contribution in [0, 0.1) is 45.3 Å². The summed E-state index contributed by atoms with van der Waals surface area (Å²) in [4.78, 5) is 122. The summed E-state index contributed by atoms with van der Waals surface area (Å²) < 4.78 is 25.8. The molecule has 0 saturated carbocycles. The Morgan fingerprint density at radius 1 is 0.404 bits per heavy atom. The molecule has 3 heterocycles. The number of hydrogen-bond donors (Lipinski definition) is 0. The molecule has 13 rings (SSSR count). The first kappa shape index (κ1) is 56.5. The summed E-state index contributed by atoms with van der Waals surface area (Å²) in [5.74, 6) is -7.85. The maximum atomic E-state index is 16.4. The Bertz CT molecular complexity index is 4730. The van der Waals surface area contributed by atoms with Crippen molar-refractivity contribution >= 4 is 114 Å². The topological polar surface area (TPSA) is 269 Å². The minimum atomic E-state index is -2.78. The van der Waals surface area contributed by atoms with E-state index in [1.54, 1.807) is 127 Å². The van der Waals surface area contributed by atoms with Crippen LogP contribution >= 0.6 is 34.0 Å². The number of allylic oxidation sites excluding steroid dienone is 2. The van der Waals surface area contributed by atoms with Crippen LogP contribution in [-0.2, 0) is 75.4 Å². The minimum Gasteiger partial charge on any atom is -0.459 e. The third-order valence-corrected chi connectivity index (χ3v) is 19.3. The number of hydrogen-bond acceptors (Lipinski definition) is 19. The molecule has 0 spiro atoms. The summed E-state index contributed by atoms with van der Waals surface area (Å²) in [6, 6.07) is 49.7. The number of thiophene rings is 3. The molecule has 0 aliphatic heterocycles. The summed E-state index contributed by atoms with van der Waals surface area (Å²) in [6.45, 7) is -1.60. The van der Waals surface area contributed by atoms with E-state index in [1.807, 2.05) is 24.3 Å². The molecule has 0 fully saturated rings. The summed E-state index contributed by atoms with van der Waals surface area (Å²) in [5.41, 5.74) is -5.75. The Balaban J connectivity index is 1.08. The molecule has 9 aromatic rings. The normalized spacial score (nSPS) is 14.3. The molecule has 0 N–H and O–H groups in total. The predicted octanol–water partition coefficient (Wildman–Crippen LogP) is 11.8. The van der Waals surface area contributed by atoms with Crippen molar-refractivity contribution in [1.82, 2.24) is 0 Å². The fourth-order valence-corrected chi connectivity index (χ4v) is 15.7. The molecule has 16 nitrogen and oxygen atoms in total. The van der Waals surface area contributed by atoms with Crippen molar-refractivity contribution < 1.29 is 57.3 Å². The average molecular weight is 1220 g/mol. The number of ketones is 4. The van der Waals surface area contributed by atoms with Crippen molar-refractivity contribution in [2.45, 2.75) is 37.3 Å². The fraction of sp³-hybridized carbons (Fsp3) is 0.0857. The van der Waals surface area contributed by atoms with Gasteiger partial charge in [-0.25, -0.2) is 0 Å². The predicted molar refractivity (Wildman–Crippen MR) is 324 cm³/mol. The van der Waals surface area contributed by atoms with Gasteiger partial charge in [0.05, 0.1) is 38.1 Å². The van der Waals surface area contributed by atoms with Crippen molar-refractivity contribution in [2.75, 3.05) is 0 Å². The van der Waals surface area contributed by atoms with Crippen LogP contribution in [0.2, 0.25) is 0 Å². The van der Waals surface area contributed by atoms with Gasteiger partial charge in [-0.15, -0.1) is 34.0 Å². The third kappa shape index (κ3) is 9.04. The Morgan fingerprint density at radius 2 is 0.730 bits per heavy atom. The lowest BCUT2D eigenvalue weighted by atomic mass is 9.76. The average Bonchev–Trinajstić information content (AvgIpc) is 1.48. The van der Waals surface area contributed by atoms with Crippen LogP contribution in [0.1, 0.15) is 117 Å². The van der Waals surface area contributed by atoms with Gasteiger partial charge in [-0.05, 0) is 70.8 Å². The van der Waals surface area contributed by atoms with E-state index in [0.717, 1.165) is 46.1 Å². The van der Waals surface area contributed by atoms with E-state index in [4.69, 9.17) is 18.9 Å². The largest absolute Gasteiger partial charge is 0.459 e. The van der Waals surface area contributed by atoms with Crippen molar-refractivity contribution in [1.29, 1.82) is 21.0 Å². The number of esters is 4. The Hall–Kier alpha value is -11.6. The lowest BCUT2D eigenvalue weighted by Crippen LogP contribution is -2.45. The van der Waals surface area contributed by atoms with Gasteiger partial charge in [0.25, 0.3) is 0 Å². The third-order valence-electron chi connectivity index (χ3n) is 15.8. The molecule has 3 aromatic heterocycles. The summed E-state index contributed by atoms with van der Waals surface area (Å²) in [6.07, 6.45) is 2.57. The Kier molecular flexibility index (Phi) is 14.2. The van der Waals surface area contributed by atoms with Crippen LogP contribution in [-0.4, -0.2) is 47.0 Å². The number of carbonyl (C=O) groups excluding carboxylic acids is 8. The molecule has 0 bridgehead atoms. The zero-order chi connectivity index (χ0) is 61.9. The number of carbonyl (C=O) groups is 8. The van der Waals surface area contributed by atoms with Crippen LogP contribution in [0.4, 0.5) is 0 Å². The van der Waals surface area contributed by atoms with Gasteiger partial charge in [-0.2, -0.15) is 21.0 Å². The monoisotopic (exact) mass is 1220 g/mol. The van der Waals surface area contributed by atoms with Gasteiger partial charge in [0, 0.05) is 68.7 Å². The zero-order valence-corrected chi connectivity index (χ0v) is 48.4. The highest BCUT2D eigenvalue weighted by Gasteiger charge is 2.72. The molecule has 0 unspecified atom stereocenters. The fourth-order valence-electron chi connectivity index (χ4n) is 11.6. The van der Waals surface area contributed by atoms with Crippen molar-refractivity contribution in [3.05, 3.63) is 266 Å². The molecule has 4 aliphatic rings. The molecule has 6 aromatic carbocycles. The summed E-state index contributed by atoms with van der Waals surface area (Å²) >= 11 is 2.78. The van der Waals surface area contributed by atoms with E-state index < -0.39 is 89.8 Å². The van der Waals surface area contributed by atoms with Gasteiger partial charge in [-0.1, -0.05) is 121 Å². The number of fused-ring (bicyclic) bond motifs is 8. The van der Waals surface area contributed by atoms with Gasteiger partial charge < -0.3 is 18.9 Å². The van der Waals surface area contributed by atoms with Gasteiger partial charge in [0.1, 0.15) is 50.7 Å². The molecular weight excluding hydrogens is 1180 g/mol. The lowest BCUT2D eigenvalue weighted by Gasteiger charge is -2.29. The van der Waals surface area contributed by atoms with E-state index in [2.05, 4.69) is 0 Å². The van der Waals surface area contributed by atoms with Crippen molar-refractivity contribution in [3.8, 4) is 24.3 Å². The summed E-state index contributed by atoms with van der Waals surface area (Å²) in [5, 5.41) is 39.3. The van der Waals surface area contributed by atoms with Crippen LogP contribution in [0.5, 0.6) is 0 Å². The van der Waals surface area contributed by atoms with E-state index >= 15 is 19.2 Å². The maximum absolute atomic E-state index is 16.4. The molecule has 19 heteroatoms. The van der Waals surface area contributed by atoms with Gasteiger partial charge in [0.2, 0.25) is 10.8 Å². The second-order valence-corrected chi connectivity index (χ2v) is 24.0. The number of nitrogens with zero attached hydrogens (tertiary/aromatic N) is 4. The SMILES string of the molecule is N#Cc1cc2c(cc1C#N)C(=O)C(=Cc1cc3c(s1)C1=C(c4sc5cc(C=C6C(=O)c7cc(C#N)c(C#N)cc7C6=O)sc5c4C1(C(=O)OCc1ccccc1)C(=O)OCc1ccccc1)C3(C(=O)OCc1ccccc1)C(=O)OCc1ccccc1)C2=O. The minimum absolute atomic E-state index is 0.0359. The Morgan fingerprint density at radius 3 is 1.08 bits per heavy atom. The highest BCUT2D eigenvalue weighted by Crippen LogP contribution is 2.69. The number of nitriles is 4. The molecule has 4 aliphatic carbocycles.